The molecule has 0 amide bonds. The molecule has 1 aliphatic rings. The van der Waals surface area contributed by atoms with Crippen LogP contribution >= 0.6 is 11.6 Å². The Morgan fingerprint density at radius 2 is 2.25 bits per heavy atom. The standard InChI is InChI=1S/C13H15ClFN/c1-13(2)6-9(5-10(14)7-13)11-3-4-16-8-12(11)15/h3-5,8,10H,6-7H2,1-2H3. The highest BCUT2D eigenvalue weighted by Gasteiger charge is 2.28. The molecule has 0 aliphatic heterocycles. The van der Waals surface area contributed by atoms with Crippen LogP contribution in [0, 0.1) is 11.2 Å². The van der Waals surface area contributed by atoms with E-state index in [0.717, 1.165) is 18.4 Å². The van der Waals surface area contributed by atoms with Crippen molar-refractivity contribution in [3.63, 3.8) is 0 Å². The number of aromatic nitrogens is 1. The Morgan fingerprint density at radius 1 is 1.50 bits per heavy atom. The molecule has 0 saturated heterocycles. The second kappa shape index (κ2) is 4.17. The summed E-state index contributed by atoms with van der Waals surface area (Å²) in [5.41, 5.74) is 1.76. The number of alkyl halides is 1. The number of hydrogen-bond donors (Lipinski definition) is 0. The molecule has 1 atom stereocenters. The first-order valence-electron chi connectivity index (χ1n) is 5.43. The highest BCUT2D eigenvalue weighted by molar-refractivity contribution is 6.22. The smallest absolute Gasteiger partial charge is 0.148 e. The summed E-state index contributed by atoms with van der Waals surface area (Å²) in [4.78, 5) is 3.76. The fraction of sp³-hybridized carbons (Fsp3) is 0.462. The molecule has 0 bridgehead atoms. The van der Waals surface area contributed by atoms with Crippen molar-refractivity contribution < 1.29 is 4.39 Å². The molecule has 1 aromatic rings. The third-order valence-corrected chi connectivity index (χ3v) is 3.20. The molecule has 0 saturated carbocycles. The van der Waals surface area contributed by atoms with Crippen LogP contribution < -0.4 is 0 Å². The topological polar surface area (TPSA) is 12.9 Å². The van der Waals surface area contributed by atoms with Crippen molar-refractivity contribution in [1.82, 2.24) is 4.98 Å². The van der Waals surface area contributed by atoms with Gasteiger partial charge in [-0.2, -0.15) is 0 Å². The molecule has 1 aliphatic carbocycles. The molecule has 2 rings (SSSR count). The minimum absolute atomic E-state index is 0.00804. The van der Waals surface area contributed by atoms with Gasteiger partial charge in [0.25, 0.3) is 0 Å². The van der Waals surface area contributed by atoms with Crippen LogP contribution in [0.1, 0.15) is 32.3 Å². The average Bonchev–Trinajstić information content (AvgIpc) is 2.15. The minimum atomic E-state index is -0.268. The van der Waals surface area contributed by atoms with E-state index in [2.05, 4.69) is 18.8 Å². The van der Waals surface area contributed by atoms with Crippen LogP contribution in [0.5, 0.6) is 0 Å². The zero-order valence-corrected chi connectivity index (χ0v) is 10.3. The van der Waals surface area contributed by atoms with Gasteiger partial charge in [0.05, 0.1) is 11.6 Å². The fourth-order valence-corrected chi connectivity index (χ4v) is 2.84. The Balaban J connectivity index is 2.38. The van der Waals surface area contributed by atoms with Gasteiger partial charge in [0.15, 0.2) is 0 Å². The summed E-state index contributed by atoms with van der Waals surface area (Å²) in [6.07, 6.45) is 6.62. The van der Waals surface area contributed by atoms with Crippen molar-refractivity contribution in [1.29, 1.82) is 0 Å². The number of halogens is 2. The van der Waals surface area contributed by atoms with Crippen molar-refractivity contribution in [2.24, 2.45) is 5.41 Å². The summed E-state index contributed by atoms with van der Waals surface area (Å²) in [6.45, 7) is 4.32. The predicted octanol–water partition coefficient (Wildman–Crippen LogP) is 4.03. The zero-order valence-electron chi connectivity index (χ0n) is 9.50. The second-order valence-corrected chi connectivity index (χ2v) is 5.67. The Morgan fingerprint density at radius 3 is 2.88 bits per heavy atom. The summed E-state index contributed by atoms with van der Waals surface area (Å²) in [7, 11) is 0. The molecule has 0 fully saturated rings. The Labute approximate surface area is 100 Å². The maximum absolute atomic E-state index is 13.6. The maximum Gasteiger partial charge on any atom is 0.148 e. The van der Waals surface area contributed by atoms with E-state index in [1.54, 1.807) is 12.3 Å². The van der Waals surface area contributed by atoms with Crippen molar-refractivity contribution >= 4 is 17.2 Å². The molecule has 3 heteroatoms. The molecule has 16 heavy (non-hydrogen) atoms. The summed E-state index contributed by atoms with van der Waals surface area (Å²) in [5.74, 6) is -0.268. The quantitative estimate of drug-likeness (QED) is 0.675. The SMILES string of the molecule is CC1(C)CC(c2ccncc2F)=CC(Cl)C1. The van der Waals surface area contributed by atoms with Gasteiger partial charge in [0.2, 0.25) is 0 Å². The average molecular weight is 240 g/mol. The molecule has 0 radical (unpaired) electrons. The summed E-state index contributed by atoms with van der Waals surface area (Å²) < 4.78 is 13.6. The van der Waals surface area contributed by atoms with E-state index in [1.807, 2.05) is 6.08 Å². The van der Waals surface area contributed by atoms with Crippen molar-refractivity contribution in [2.75, 3.05) is 0 Å². The van der Waals surface area contributed by atoms with E-state index in [4.69, 9.17) is 11.6 Å². The number of hydrogen-bond acceptors (Lipinski definition) is 1. The van der Waals surface area contributed by atoms with Gasteiger partial charge >= 0.3 is 0 Å². The van der Waals surface area contributed by atoms with Gasteiger partial charge in [-0.05, 0) is 29.9 Å². The fourth-order valence-electron chi connectivity index (χ4n) is 2.27. The molecule has 86 valence electrons. The normalized spacial score (nSPS) is 24.0. The molecule has 0 aromatic carbocycles. The first-order valence-corrected chi connectivity index (χ1v) is 5.86. The molecule has 0 spiro atoms. The molecule has 1 unspecified atom stereocenters. The summed E-state index contributed by atoms with van der Waals surface area (Å²) >= 11 is 6.18. The summed E-state index contributed by atoms with van der Waals surface area (Å²) in [5, 5.41) is -0.00804. The maximum atomic E-state index is 13.6. The van der Waals surface area contributed by atoms with Crippen molar-refractivity contribution in [2.45, 2.75) is 32.1 Å². The van der Waals surface area contributed by atoms with E-state index < -0.39 is 0 Å². The molecule has 1 aromatic heterocycles. The lowest BCUT2D eigenvalue weighted by molar-refractivity contribution is 0.340. The number of rotatable bonds is 1. The van der Waals surface area contributed by atoms with E-state index in [9.17, 15) is 4.39 Å². The Kier molecular flexibility index (Phi) is 3.02. The number of nitrogens with zero attached hydrogens (tertiary/aromatic N) is 1. The molecule has 1 nitrogen and oxygen atoms in total. The van der Waals surface area contributed by atoms with Crippen LogP contribution in [0.3, 0.4) is 0 Å². The van der Waals surface area contributed by atoms with Crippen LogP contribution in [-0.4, -0.2) is 10.4 Å². The van der Waals surface area contributed by atoms with Gasteiger partial charge in [0.1, 0.15) is 5.82 Å². The zero-order chi connectivity index (χ0) is 11.8. The van der Waals surface area contributed by atoms with Gasteiger partial charge in [-0.25, -0.2) is 4.39 Å². The number of allylic oxidation sites excluding steroid dienone is 2. The summed E-state index contributed by atoms with van der Waals surface area (Å²) in [6, 6.07) is 1.71. The first kappa shape index (κ1) is 11.6. The Bertz CT molecular complexity index is 426. The van der Waals surface area contributed by atoms with Crippen LogP contribution in [0.25, 0.3) is 5.57 Å². The predicted molar refractivity (Wildman–Crippen MR) is 64.8 cm³/mol. The highest BCUT2D eigenvalue weighted by Crippen LogP contribution is 2.41. The monoisotopic (exact) mass is 239 g/mol. The van der Waals surface area contributed by atoms with E-state index in [-0.39, 0.29) is 16.6 Å². The van der Waals surface area contributed by atoms with Crippen LogP contribution in [0.2, 0.25) is 0 Å². The van der Waals surface area contributed by atoms with Gasteiger partial charge in [0, 0.05) is 11.8 Å². The highest BCUT2D eigenvalue weighted by atomic mass is 35.5. The number of pyridine rings is 1. The van der Waals surface area contributed by atoms with Crippen LogP contribution in [0.4, 0.5) is 4.39 Å². The van der Waals surface area contributed by atoms with E-state index in [0.29, 0.717) is 5.56 Å². The Hall–Kier alpha value is -0.890. The van der Waals surface area contributed by atoms with Crippen LogP contribution in [0.15, 0.2) is 24.5 Å². The van der Waals surface area contributed by atoms with E-state index in [1.165, 1.54) is 6.20 Å². The first-order chi connectivity index (χ1) is 7.48. The minimum Gasteiger partial charge on any atom is -0.262 e. The van der Waals surface area contributed by atoms with E-state index >= 15 is 0 Å². The lowest BCUT2D eigenvalue weighted by Gasteiger charge is -2.32. The molecular weight excluding hydrogens is 225 g/mol. The molecule has 0 N–H and O–H groups in total. The van der Waals surface area contributed by atoms with Crippen LogP contribution in [-0.2, 0) is 0 Å². The second-order valence-electron chi connectivity index (χ2n) is 5.11. The van der Waals surface area contributed by atoms with Crippen molar-refractivity contribution in [3.05, 3.63) is 35.9 Å². The molecule has 1 heterocycles. The van der Waals surface area contributed by atoms with Gasteiger partial charge in [-0.1, -0.05) is 19.9 Å². The lowest BCUT2D eigenvalue weighted by atomic mass is 9.75. The largest absolute Gasteiger partial charge is 0.262 e. The van der Waals surface area contributed by atoms with Gasteiger partial charge in [-0.15, -0.1) is 11.6 Å². The lowest BCUT2D eigenvalue weighted by Crippen LogP contribution is -2.22. The van der Waals surface area contributed by atoms with Crippen molar-refractivity contribution in [3.8, 4) is 0 Å². The van der Waals surface area contributed by atoms with Gasteiger partial charge in [-0.3, -0.25) is 4.98 Å². The molecular formula is C13H15ClFN. The van der Waals surface area contributed by atoms with Gasteiger partial charge < -0.3 is 0 Å². The third-order valence-electron chi connectivity index (χ3n) is 2.92. The third kappa shape index (κ3) is 2.43.